The summed E-state index contributed by atoms with van der Waals surface area (Å²) in [6.07, 6.45) is 3.15. The summed E-state index contributed by atoms with van der Waals surface area (Å²) < 4.78 is 1.68. The molecular formula is C9H7N5S. The number of rotatable bonds is 2. The van der Waals surface area contributed by atoms with E-state index in [2.05, 4.69) is 15.1 Å². The van der Waals surface area contributed by atoms with Gasteiger partial charge in [-0.2, -0.15) is 10.4 Å². The Kier molecular flexibility index (Phi) is 2.65. The molecule has 0 aliphatic heterocycles. The molecule has 0 atom stereocenters. The number of hydrogen-bond acceptors (Lipinski definition) is 5. The molecule has 2 rings (SSSR count). The number of nitriles is 1. The van der Waals surface area contributed by atoms with Crippen molar-refractivity contribution < 1.29 is 0 Å². The molecule has 5 nitrogen and oxygen atoms in total. The van der Waals surface area contributed by atoms with Crippen molar-refractivity contribution in [3.8, 4) is 6.07 Å². The van der Waals surface area contributed by atoms with Crippen LogP contribution in [-0.2, 0) is 7.05 Å². The van der Waals surface area contributed by atoms with E-state index in [1.807, 2.05) is 19.2 Å². The number of nitrogens with zero attached hydrogens (tertiary/aromatic N) is 5. The van der Waals surface area contributed by atoms with Crippen LogP contribution in [0.25, 0.3) is 0 Å². The second-order valence-corrected chi connectivity index (χ2v) is 3.80. The minimum Gasteiger partial charge on any atom is -0.244 e. The smallest absolute Gasteiger partial charge is 0.190 e. The minimum absolute atomic E-state index is 0.414. The monoisotopic (exact) mass is 217 g/mol. The molecule has 6 heteroatoms. The maximum absolute atomic E-state index is 8.58. The molecule has 0 aliphatic rings. The van der Waals surface area contributed by atoms with Crippen molar-refractivity contribution >= 4 is 11.8 Å². The fourth-order valence-electron chi connectivity index (χ4n) is 0.990. The normalized spacial score (nSPS) is 9.87. The Balaban J connectivity index is 2.19. The van der Waals surface area contributed by atoms with Gasteiger partial charge in [0.25, 0.3) is 0 Å². The van der Waals surface area contributed by atoms with E-state index in [1.165, 1.54) is 18.1 Å². The van der Waals surface area contributed by atoms with Gasteiger partial charge in [0.1, 0.15) is 18.1 Å². The molecule has 0 bridgehead atoms. The van der Waals surface area contributed by atoms with Crippen LogP contribution in [0.4, 0.5) is 0 Å². The Morgan fingerprint density at radius 2 is 2.27 bits per heavy atom. The lowest BCUT2D eigenvalue weighted by molar-refractivity contribution is 0.685. The van der Waals surface area contributed by atoms with E-state index in [-0.39, 0.29) is 0 Å². The molecule has 0 saturated heterocycles. The zero-order valence-corrected chi connectivity index (χ0v) is 8.77. The van der Waals surface area contributed by atoms with Gasteiger partial charge in [0.15, 0.2) is 5.16 Å². The molecule has 2 aromatic rings. The average molecular weight is 217 g/mol. The maximum atomic E-state index is 8.58. The van der Waals surface area contributed by atoms with Gasteiger partial charge in [0.05, 0.1) is 0 Å². The van der Waals surface area contributed by atoms with Gasteiger partial charge >= 0.3 is 0 Å². The molecule has 0 saturated carbocycles. The fourth-order valence-corrected chi connectivity index (χ4v) is 1.72. The maximum Gasteiger partial charge on any atom is 0.190 e. The minimum atomic E-state index is 0.414. The third-order valence-electron chi connectivity index (χ3n) is 1.73. The van der Waals surface area contributed by atoms with Gasteiger partial charge < -0.3 is 0 Å². The number of aromatic nitrogens is 4. The Bertz CT molecular complexity index is 496. The predicted molar refractivity (Wildman–Crippen MR) is 54.1 cm³/mol. The molecule has 15 heavy (non-hydrogen) atoms. The quantitative estimate of drug-likeness (QED) is 0.756. The second kappa shape index (κ2) is 4.11. The first-order valence-electron chi connectivity index (χ1n) is 4.17. The lowest BCUT2D eigenvalue weighted by Gasteiger charge is -1.99. The van der Waals surface area contributed by atoms with Gasteiger partial charge in [0, 0.05) is 18.1 Å². The zero-order chi connectivity index (χ0) is 10.7. The van der Waals surface area contributed by atoms with E-state index in [0.717, 1.165) is 10.1 Å². The molecular weight excluding hydrogens is 210 g/mol. The molecule has 0 radical (unpaired) electrons. The Hall–Kier alpha value is -1.87. The van der Waals surface area contributed by atoms with Crippen molar-refractivity contribution in [3.05, 3.63) is 30.4 Å². The standard InChI is InChI=1S/C9H7N5S/c1-14-9(12-6-13-14)15-8-3-2-7(4-10)11-5-8/h2-3,5-6H,1H3. The van der Waals surface area contributed by atoms with Crippen LogP contribution in [0.3, 0.4) is 0 Å². The van der Waals surface area contributed by atoms with E-state index in [9.17, 15) is 0 Å². The largest absolute Gasteiger partial charge is 0.244 e. The summed E-state index contributed by atoms with van der Waals surface area (Å²) in [6, 6.07) is 5.49. The predicted octanol–water partition coefficient (Wildman–Crippen LogP) is 1.23. The second-order valence-electron chi connectivity index (χ2n) is 2.76. The molecule has 2 aromatic heterocycles. The Labute approximate surface area is 90.8 Å². The van der Waals surface area contributed by atoms with Gasteiger partial charge in [-0.05, 0) is 23.9 Å². The van der Waals surface area contributed by atoms with E-state index in [4.69, 9.17) is 5.26 Å². The third-order valence-corrected chi connectivity index (χ3v) is 2.76. The van der Waals surface area contributed by atoms with Crippen molar-refractivity contribution in [1.82, 2.24) is 19.7 Å². The summed E-state index contributed by atoms with van der Waals surface area (Å²) in [5.41, 5.74) is 0.414. The van der Waals surface area contributed by atoms with Crippen molar-refractivity contribution in [2.24, 2.45) is 7.05 Å². The highest BCUT2D eigenvalue weighted by Crippen LogP contribution is 2.23. The third kappa shape index (κ3) is 2.14. The van der Waals surface area contributed by atoms with Gasteiger partial charge in [-0.25, -0.2) is 14.6 Å². The Morgan fingerprint density at radius 1 is 1.40 bits per heavy atom. The van der Waals surface area contributed by atoms with Crippen molar-refractivity contribution in [2.75, 3.05) is 0 Å². The summed E-state index contributed by atoms with van der Waals surface area (Å²) in [5.74, 6) is 0. The molecule has 0 aromatic carbocycles. The molecule has 0 N–H and O–H groups in total. The molecule has 2 heterocycles. The van der Waals surface area contributed by atoms with Crippen molar-refractivity contribution in [3.63, 3.8) is 0 Å². The van der Waals surface area contributed by atoms with Crippen LogP contribution in [0, 0.1) is 11.3 Å². The van der Waals surface area contributed by atoms with Crippen LogP contribution in [-0.4, -0.2) is 19.7 Å². The molecule has 0 aliphatic carbocycles. The van der Waals surface area contributed by atoms with E-state index in [0.29, 0.717) is 5.69 Å². The first kappa shape index (κ1) is 9.68. The first-order chi connectivity index (χ1) is 7.29. The molecule has 0 unspecified atom stereocenters. The summed E-state index contributed by atoms with van der Waals surface area (Å²) in [7, 11) is 1.83. The first-order valence-corrected chi connectivity index (χ1v) is 4.99. The van der Waals surface area contributed by atoms with Crippen LogP contribution in [0.1, 0.15) is 5.69 Å². The van der Waals surface area contributed by atoms with E-state index < -0.39 is 0 Å². The fraction of sp³-hybridized carbons (Fsp3) is 0.111. The van der Waals surface area contributed by atoms with Crippen molar-refractivity contribution in [2.45, 2.75) is 10.1 Å². The number of hydrogen-bond donors (Lipinski definition) is 0. The average Bonchev–Trinajstić information content (AvgIpc) is 2.66. The lowest BCUT2D eigenvalue weighted by Crippen LogP contribution is -1.92. The van der Waals surface area contributed by atoms with Gasteiger partial charge in [-0.15, -0.1) is 0 Å². The van der Waals surface area contributed by atoms with Crippen LogP contribution >= 0.6 is 11.8 Å². The molecule has 74 valence electrons. The molecule has 0 spiro atoms. The highest BCUT2D eigenvalue weighted by molar-refractivity contribution is 7.99. The van der Waals surface area contributed by atoms with Gasteiger partial charge in [0.2, 0.25) is 0 Å². The number of aryl methyl sites for hydroxylation is 1. The van der Waals surface area contributed by atoms with Crippen LogP contribution in [0.2, 0.25) is 0 Å². The summed E-state index contributed by atoms with van der Waals surface area (Å²) in [5, 5.41) is 13.3. The summed E-state index contributed by atoms with van der Waals surface area (Å²) >= 11 is 1.46. The van der Waals surface area contributed by atoms with Crippen LogP contribution < -0.4 is 0 Å². The summed E-state index contributed by atoms with van der Waals surface area (Å²) in [6.45, 7) is 0. The van der Waals surface area contributed by atoms with Crippen molar-refractivity contribution in [1.29, 1.82) is 5.26 Å². The highest BCUT2D eigenvalue weighted by Gasteiger charge is 2.03. The highest BCUT2D eigenvalue weighted by atomic mass is 32.2. The SMILES string of the molecule is Cn1ncnc1Sc1ccc(C#N)nc1. The number of pyridine rings is 1. The van der Waals surface area contributed by atoms with Gasteiger partial charge in [-0.3, -0.25) is 0 Å². The molecule has 0 fully saturated rings. The van der Waals surface area contributed by atoms with E-state index >= 15 is 0 Å². The van der Waals surface area contributed by atoms with Crippen LogP contribution in [0.5, 0.6) is 0 Å². The van der Waals surface area contributed by atoms with E-state index in [1.54, 1.807) is 16.9 Å². The van der Waals surface area contributed by atoms with Gasteiger partial charge in [-0.1, -0.05) is 0 Å². The Morgan fingerprint density at radius 3 is 2.80 bits per heavy atom. The molecule has 0 amide bonds. The van der Waals surface area contributed by atoms with Crippen LogP contribution in [0.15, 0.2) is 34.7 Å². The zero-order valence-electron chi connectivity index (χ0n) is 7.95. The lowest BCUT2D eigenvalue weighted by atomic mass is 10.4. The topological polar surface area (TPSA) is 67.4 Å². The summed E-state index contributed by atoms with van der Waals surface area (Å²) in [4.78, 5) is 8.98.